The number of benzene rings is 1. The van der Waals surface area contributed by atoms with Crippen LogP contribution in [0.15, 0.2) is 29.6 Å². The summed E-state index contributed by atoms with van der Waals surface area (Å²) in [5.41, 5.74) is 2.19. The van der Waals surface area contributed by atoms with Crippen molar-refractivity contribution in [3.63, 3.8) is 0 Å². The fourth-order valence-corrected chi connectivity index (χ4v) is 4.35. The predicted molar refractivity (Wildman–Crippen MR) is 94.4 cm³/mol. The number of carbonyl (C=O) groups excluding carboxylic acids is 1. The Labute approximate surface area is 146 Å². The lowest BCUT2D eigenvalue weighted by molar-refractivity contribution is -0.122. The zero-order chi connectivity index (χ0) is 16.5. The molecule has 1 aliphatic heterocycles. The van der Waals surface area contributed by atoms with Crippen molar-refractivity contribution in [2.75, 3.05) is 6.61 Å². The van der Waals surface area contributed by atoms with Crippen molar-refractivity contribution in [1.82, 2.24) is 10.3 Å². The number of fused-ring (bicyclic) bond motifs is 1. The second-order valence-corrected chi connectivity index (χ2v) is 7.68. The summed E-state index contributed by atoms with van der Waals surface area (Å²) in [7, 11) is 0. The molecule has 0 spiro atoms. The molecule has 4 rings (SSSR count). The third-order valence-corrected chi connectivity index (χ3v) is 5.87. The number of amides is 1. The van der Waals surface area contributed by atoms with Crippen molar-refractivity contribution >= 4 is 17.2 Å². The first-order valence-electron chi connectivity index (χ1n) is 8.64. The van der Waals surface area contributed by atoms with Crippen LogP contribution in [0.1, 0.15) is 53.9 Å². The van der Waals surface area contributed by atoms with E-state index in [4.69, 9.17) is 4.74 Å². The Morgan fingerprint density at radius 2 is 2.21 bits per heavy atom. The number of thiazole rings is 1. The van der Waals surface area contributed by atoms with Crippen molar-refractivity contribution in [1.29, 1.82) is 0 Å². The number of aryl methyl sites for hydroxylation is 1. The maximum atomic E-state index is 12.7. The molecule has 2 aliphatic rings. The van der Waals surface area contributed by atoms with Gasteiger partial charge in [-0.15, -0.1) is 11.3 Å². The highest BCUT2D eigenvalue weighted by Gasteiger charge is 2.35. The number of ether oxygens (including phenoxy) is 1. The molecular formula is C19H22N2O2S. The number of rotatable bonds is 5. The Balaban J connectivity index is 1.45. The van der Waals surface area contributed by atoms with Gasteiger partial charge >= 0.3 is 0 Å². The predicted octanol–water partition coefficient (Wildman–Crippen LogP) is 3.98. The molecule has 4 nitrogen and oxygen atoms in total. The molecule has 2 atom stereocenters. The third-order valence-electron chi connectivity index (χ3n) is 4.83. The molecule has 0 bridgehead atoms. The molecule has 1 amide bonds. The SMILES string of the molecule is Cc1csc([C@H](NC(=O)C[C@H]2CCOc3ccccc32)C2CC2)n1. The summed E-state index contributed by atoms with van der Waals surface area (Å²) in [4.78, 5) is 17.3. The van der Waals surface area contributed by atoms with E-state index in [0.717, 1.165) is 28.4 Å². The number of hydrogen-bond donors (Lipinski definition) is 1. The molecule has 1 fully saturated rings. The summed E-state index contributed by atoms with van der Waals surface area (Å²) in [5.74, 6) is 1.85. The molecule has 0 radical (unpaired) electrons. The minimum Gasteiger partial charge on any atom is -0.493 e. The van der Waals surface area contributed by atoms with Gasteiger partial charge in [-0.05, 0) is 49.7 Å². The fraction of sp³-hybridized carbons (Fsp3) is 0.474. The Bertz CT molecular complexity index is 738. The summed E-state index contributed by atoms with van der Waals surface area (Å²) in [5, 5.41) is 6.37. The zero-order valence-corrected chi connectivity index (χ0v) is 14.6. The standard InChI is InChI=1S/C19H22N2O2S/c1-12-11-24-19(20-12)18(13-6-7-13)21-17(22)10-14-8-9-23-16-5-3-2-4-15(14)16/h2-5,11,13-14,18H,6-10H2,1H3,(H,21,22)/t14-,18-/m1/s1. The van der Waals surface area contributed by atoms with Crippen LogP contribution in [0.4, 0.5) is 0 Å². The molecular weight excluding hydrogens is 320 g/mol. The van der Waals surface area contributed by atoms with E-state index in [0.29, 0.717) is 18.9 Å². The van der Waals surface area contributed by atoms with Crippen LogP contribution in [0, 0.1) is 12.8 Å². The van der Waals surface area contributed by atoms with E-state index in [-0.39, 0.29) is 17.9 Å². The summed E-state index contributed by atoms with van der Waals surface area (Å²) in [6.07, 6.45) is 3.79. The van der Waals surface area contributed by atoms with Gasteiger partial charge < -0.3 is 10.1 Å². The monoisotopic (exact) mass is 342 g/mol. The molecule has 1 aromatic heterocycles. The summed E-state index contributed by atoms with van der Waals surface area (Å²) in [6.45, 7) is 2.69. The largest absolute Gasteiger partial charge is 0.493 e. The van der Waals surface area contributed by atoms with Gasteiger partial charge in [0.1, 0.15) is 10.8 Å². The van der Waals surface area contributed by atoms with E-state index in [1.807, 2.05) is 25.1 Å². The van der Waals surface area contributed by atoms with Gasteiger partial charge in [0.25, 0.3) is 0 Å². The minimum absolute atomic E-state index is 0.0892. The van der Waals surface area contributed by atoms with E-state index in [1.165, 1.54) is 12.8 Å². The zero-order valence-electron chi connectivity index (χ0n) is 13.8. The Morgan fingerprint density at radius 1 is 1.38 bits per heavy atom. The molecule has 1 aromatic carbocycles. The van der Waals surface area contributed by atoms with E-state index >= 15 is 0 Å². The average molecular weight is 342 g/mol. The lowest BCUT2D eigenvalue weighted by Gasteiger charge is -2.26. The van der Waals surface area contributed by atoms with Crippen LogP contribution in [0.3, 0.4) is 0 Å². The second-order valence-electron chi connectivity index (χ2n) is 6.79. The van der Waals surface area contributed by atoms with Gasteiger partial charge in [-0.1, -0.05) is 18.2 Å². The molecule has 1 saturated carbocycles. The molecule has 2 heterocycles. The maximum Gasteiger partial charge on any atom is 0.221 e. The van der Waals surface area contributed by atoms with Gasteiger partial charge in [-0.3, -0.25) is 4.79 Å². The molecule has 1 aliphatic carbocycles. The van der Waals surface area contributed by atoms with Crippen LogP contribution in [-0.2, 0) is 4.79 Å². The fourth-order valence-electron chi connectivity index (χ4n) is 3.41. The highest BCUT2D eigenvalue weighted by molar-refractivity contribution is 7.09. The van der Waals surface area contributed by atoms with E-state index in [9.17, 15) is 4.79 Å². The summed E-state index contributed by atoms with van der Waals surface area (Å²) >= 11 is 1.66. The first-order valence-corrected chi connectivity index (χ1v) is 9.52. The average Bonchev–Trinajstić information content (AvgIpc) is 3.34. The van der Waals surface area contributed by atoms with Crippen LogP contribution in [0.5, 0.6) is 5.75 Å². The quantitative estimate of drug-likeness (QED) is 0.894. The molecule has 0 unspecified atom stereocenters. The number of carbonyl (C=O) groups is 1. The highest BCUT2D eigenvalue weighted by atomic mass is 32.1. The van der Waals surface area contributed by atoms with Gasteiger partial charge in [0.2, 0.25) is 5.91 Å². The molecule has 24 heavy (non-hydrogen) atoms. The van der Waals surface area contributed by atoms with Crippen LogP contribution in [0.25, 0.3) is 0 Å². The minimum atomic E-state index is 0.0892. The van der Waals surface area contributed by atoms with Gasteiger partial charge in [-0.2, -0.15) is 0 Å². The number of nitrogens with one attached hydrogen (secondary N) is 1. The number of nitrogens with zero attached hydrogens (tertiary/aromatic N) is 1. The molecule has 0 saturated heterocycles. The van der Waals surface area contributed by atoms with Crippen molar-refractivity contribution in [2.24, 2.45) is 5.92 Å². The van der Waals surface area contributed by atoms with Crippen molar-refractivity contribution in [3.05, 3.63) is 45.9 Å². The molecule has 126 valence electrons. The van der Waals surface area contributed by atoms with Crippen LogP contribution in [0.2, 0.25) is 0 Å². The molecule has 2 aromatic rings. The smallest absolute Gasteiger partial charge is 0.221 e. The number of hydrogen-bond acceptors (Lipinski definition) is 4. The molecule has 5 heteroatoms. The topological polar surface area (TPSA) is 51.2 Å². The normalized spacial score (nSPS) is 20.8. The summed E-state index contributed by atoms with van der Waals surface area (Å²) in [6, 6.07) is 8.16. The van der Waals surface area contributed by atoms with Crippen molar-refractivity contribution in [2.45, 2.75) is 44.6 Å². The summed E-state index contributed by atoms with van der Waals surface area (Å²) < 4.78 is 5.70. The highest BCUT2D eigenvalue weighted by Crippen LogP contribution is 2.42. The van der Waals surface area contributed by atoms with Crippen LogP contribution >= 0.6 is 11.3 Å². The Hall–Kier alpha value is -1.88. The molecule has 1 N–H and O–H groups in total. The lowest BCUT2D eigenvalue weighted by Crippen LogP contribution is -2.31. The van der Waals surface area contributed by atoms with Crippen molar-refractivity contribution in [3.8, 4) is 5.75 Å². The first-order chi connectivity index (χ1) is 11.7. The third kappa shape index (κ3) is 3.31. The Kier molecular flexibility index (Phi) is 4.27. The maximum absolute atomic E-state index is 12.7. The number of aromatic nitrogens is 1. The van der Waals surface area contributed by atoms with Crippen LogP contribution < -0.4 is 10.1 Å². The van der Waals surface area contributed by atoms with Gasteiger partial charge in [0, 0.05) is 17.5 Å². The van der Waals surface area contributed by atoms with Crippen LogP contribution in [-0.4, -0.2) is 17.5 Å². The van der Waals surface area contributed by atoms with Gasteiger partial charge in [0.15, 0.2) is 0 Å². The second kappa shape index (κ2) is 6.55. The Morgan fingerprint density at radius 3 is 2.96 bits per heavy atom. The number of para-hydroxylation sites is 1. The van der Waals surface area contributed by atoms with Crippen molar-refractivity contribution < 1.29 is 9.53 Å². The lowest BCUT2D eigenvalue weighted by atomic mass is 9.90. The van der Waals surface area contributed by atoms with E-state index in [2.05, 4.69) is 21.7 Å². The first kappa shape index (κ1) is 15.6. The van der Waals surface area contributed by atoms with E-state index < -0.39 is 0 Å². The van der Waals surface area contributed by atoms with Gasteiger partial charge in [0.05, 0.1) is 12.6 Å². The van der Waals surface area contributed by atoms with Gasteiger partial charge in [-0.25, -0.2) is 4.98 Å². The van der Waals surface area contributed by atoms with E-state index in [1.54, 1.807) is 11.3 Å².